The first-order valence-electron chi connectivity index (χ1n) is 10.8. The molecule has 0 radical (unpaired) electrons. The number of nitrogens with one attached hydrogen (secondary N) is 5. The number of hydrogen-bond donors (Lipinski definition) is 5. The van der Waals surface area contributed by atoms with E-state index in [1.807, 2.05) is 0 Å². The monoisotopic (exact) mass is 523 g/mol. The highest BCUT2D eigenvalue weighted by Gasteiger charge is 2.24. The second kappa shape index (κ2) is 9.81. The molecule has 5 rings (SSSR count). The second-order valence-electron chi connectivity index (χ2n) is 8.01. The Balaban J connectivity index is 1.61. The fourth-order valence-corrected chi connectivity index (χ4v) is 4.09. The van der Waals surface area contributed by atoms with Crippen molar-refractivity contribution >= 4 is 39.6 Å². The molecule has 9 nitrogen and oxygen atoms in total. The Morgan fingerprint density at radius 3 is 2.62 bits per heavy atom. The van der Waals surface area contributed by atoms with Gasteiger partial charge in [0.25, 0.3) is 0 Å². The lowest BCUT2D eigenvalue weighted by molar-refractivity contribution is 0.496. The van der Waals surface area contributed by atoms with Crippen LogP contribution in [0.1, 0.15) is 22.9 Å². The third-order valence-corrected chi connectivity index (χ3v) is 5.91. The highest BCUT2D eigenvalue weighted by atomic mass is 35.5. The Bertz CT molecular complexity index is 1600. The van der Waals surface area contributed by atoms with Gasteiger partial charge in [-0.2, -0.15) is 24.6 Å². The Kier molecular flexibility index (Phi) is 6.39. The van der Waals surface area contributed by atoms with Gasteiger partial charge in [0.1, 0.15) is 11.9 Å². The molecule has 0 saturated carbocycles. The smallest absolute Gasteiger partial charge is 0.221 e. The maximum Gasteiger partial charge on any atom is 0.221 e. The van der Waals surface area contributed by atoms with Gasteiger partial charge in [-0.25, -0.2) is 4.39 Å². The summed E-state index contributed by atoms with van der Waals surface area (Å²) in [4.78, 5) is 11.6. The molecule has 37 heavy (non-hydrogen) atoms. The van der Waals surface area contributed by atoms with Crippen LogP contribution in [0.5, 0.6) is 0 Å². The summed E-state index contributed by atoms with van der Waals surface area (Å²) in [6, 6.07) is 8.05. The van der Waals surface area contributed by atoms with Gasteiger partial charge in [0, 0.05) is 35.1 Å². The lowest BCUT2D eigenvalue weighted by atomic mass is 10.0. The number of rotatable bonds is 6. The normalized spacial score (nSPS) is 13.4. The van der Waals surface area contributed by atoms with E-state index in [1.165, 1.54) is 31.5 Å². The molecular formula is C24H17ClF3N9. The average molecular weight is 524 g/mol. The summed E-state index contributed by atoms with van der Waals surface area (Å²) in [6.07, 6.45) is 4.35. The van der Waals surface area contributed by atoms with Crippen molar-refractivity contribution in [3.05, 3.63) is 94.2 Å². The first-order chi connectivity index (χ1) is 17.8. The Morgan fingerprint density at radius 2 is 1.92 bits per heavy atom. The van der Waals surface area contributed by atoms with Crippen molar-refractivity contribution in [1.29, 1.82) is 5.26 Å². The molecule has 0 spiro atoms. The summed E-state index contributed by atoms with van der Waals surface area (Å²) in [5.41, 5.74) is 10.7. The van der Waals surface area contributed by atoms with Crippen LogP contribution in [0.2, 0.25) is 5.02 Å². The predicted octanol–water partition coefficient (Wildman–Crippen LogP) is 4.63. The molecule has 5 N–H and O–H groups in total. The molecule has 4 aromatic rings. The van der Waals surface area contributed by atoms with Crippen LogP contribution in [0.4, 0.5) is 30.2 Å². The molecule has 0 saturated heterocycles. The molecule has 0 fully saturated rings. The molecule has 4 heterocycles. The van der Waals surface area contributed by atoms with E-state index >= 15 is 0 Å². The number of aryl methyl sites for hydroxylation is 1. The molecule has 0 aliphatic carbocycles. The predicted molar refractivity (Wildman–Crippen MR) is 132 cm³/mol. The van der Waals surface area contributed by atoms with Crippen LogP contribution in [0.25, 0.3) is 10.9 Å². The largest absolute Gasteiger partial charge is 0.373 e. The first-order valence-corrected chi connectivity index (χ1v) is 11.2. The maximum absolute atomic E-state index is 14.6. The highest BCUT2D eigenvalue weighted by Crippen LogP contribution is 2.37. The maximum atomic E-state index is 14.6. The lowest BCUT2D eigenvalue weighted by Crippen LogP contribution is -2.34. The molecule has 0 unspecified atom stereocenters. The van der Waals surface area contributed by atoms with Gasteiger partial charge in [0.05, 0.1) is 51.1 Å². The van der Waals surface area contributed by atoms with Gasteiger partial charge in [-0.1, -0.05) is 11.6 Å². The summed E-state index contributed by atoms with van der Waals surface area (Å²) in [5, 5.41) is 16.6. The Morgan fingerprint density at radius 1 is 1.08 bits per heavy atom. The van der Waals surface area contributed by atoms with Crippen molar-refractivity contribution in [2.45, 2.75) is 13.0 Å². The minimum absolute atomic E-state index is 0.0605. The molecule has 0 amide bonds. The minimum Gasteiger partial charge on any atom is -0.373 e. The van der Waals surface area contributed by atoms with Crippen molar-refractivity contribution < 1.29 is 13.2 Å². The van der Waals surface area contributed by atoms with E-state index in [4.69, 9.17) is 11.6 Å². The summed E-state index contributed by atoms with van der Waals surface area (Å²) in [7, 11) is 0. The van der Waals surface area contributed by atoms with Crippen LogP contribution in [0, 0.1) is 36.0 Å². The third-order valence-electron chi connectivity index (χ3n) is 5.62. The van der Waals surface area contributed by atoms with Gasteiger partial charge in [-0.3, -0.25) is 9.97 Å². The minimum atomic E-state index is -0.997. The quantitative estimate of drug-likeness (QED) is 0.230. The van der Waals surface area contributed by atoms with Gasteiger partial charge in [-0.15, -0.1) is 0 Å². The van der Waals surface area contributed by atoms with Crippen molar-refractivity contribution in [2.75, 3.05) is 10.6 Å². The number of benzene rings is 1. The van der Waals surface area contributed by atoms with E-state index in [-0.39, 0.29) is 21.8 Å². The van der Waals surface area contributed by atoms with Crippen molar-refractivity contribution in [2.24, 2.45) is 0 Å². The van der Waals surface area contributed by atoms with Crippen LogP contribution < -0.4 is 27.0 Å². The molecule has 13 heteroatoms. The Hall–Kier alpha value is -4.60. The first kappa shape index (κ1) is 24.1. The number of pyridine rings is 3. The third kappa shape index (κ3) is 4.77. The molecule has 1 aliphatic rings. The SMILES string of the molecule is Cc1ncc(Nc2c(C#N)cnc3c(Cl)cc(N[C@H](C4=CNNN4)c4ccc(F)nc4F)cc23)cc1F. The second-order valence-corrected chi connectivity index (χ2v) is 8.42. The number of hydrazine groups is 2. The molecule has 1 aliphatic heterocycles. The lowest BCUT2D eigenvalue weighted by Gasteiger charge is -2.22. The van der Waals surface area contributed by atoms with E-state index in [1.54, 1.807) is 18.3 Å². The number of nitrogens with zero attached hydrogens (tertiary/aromatic N) is 4. The number of anilines is 3. The van der Waals surface area contributed by atoms with Crippen LogP contribution in [0.15, 0.2) is 54.6 Å². The van der Waals surface area contributed by atoms with Crippen LogP contribution in [-0.2, 0) is 0 Å². The van der Waals surface area contributed by atoms with Gasteiger partial charge in [-0.05, 0) is 31.2 Å². The van der Waals surface area contributed by atoms with Gasteiger partial charge < -0.3 is 21.5 Å². The van der Waals surface area contributed by atoms with Crippen molar-refractivity contribution in [3.8, 4) is 6.07 Å². The zero-order valence-corrected chi connectivity index (χ0v) is 19.8. The van der Waals surface area contributed by atoms with Crippen LogP contribution in [-0.4, -0.2) is 15.0 Å². The summed E-state index contributed by atoms with van der Waals surface area (Å²) < 4.78 is 42.2. The average Bonchev–Trinajstić information content (AvgIpc) is 3.40. The van der Waals surface area contributed by atoms with E-state index in [2.05, 4.69) is 48.0 Å². The van der Waals surface area contributed by atoms with Crippen LogP contribution >= 0.6 is 11.6 Å². The topological polar surface area (TPSA) is 123 Å². The summed E-state index contributed by atoms with van der Waals surface area (Å²) >= 11 is 6.54. The van der Waals surface area contributed by atoms with Gasteiger partial charge >= 0.3 is 0 Å². The molecule has 0 bridgehead atoms. The number of fused-ring (bicyclic) bond motifs is 1. The molecule has 1 aromatic carbocycles. The van der Waals surface area contributed by atoms with Crippen molar-refractivity contribution in [1.82, 2.24) is 31.3 Å². The van der Waals surface area contributed by atoms with E-state index in [0.29, 0.717) is 33.7 Å². The highest BCUT2D eigenvalue weighted by molar-refractivity contribution is 6.36. The zero-order valence-electron chi connectivity index (χ0n) is 19.0. The van der Waals surface area contributed by atoms with Gasteiger partial charge in [0.15, 0.2) is 0 Å². The van der Waals surface area contributed by atoms with Crippen molar-refractivity contribution in [3.63, 3.8) is 0 Å². The van der Waals surface area contributed by atoms with E-state index in [9.17, 15) is 18.4 Å². The van der Waals surface area contributed by atoms with E-state index < -0.39 is 23.8 Å². The Labute approximate surface area is 213 Å². The molecule has 186 valence electrons. The number of hydrogen-bond acceptors (Lipinski definition) is 9. The summed E-state index contributed by atoms with van der Waals surface area (Å²) in [6.45, 7) is 1.54. The molecule has 3 aromatic heterocycles. The molecular weight excluding hydrogens is 507 g/mol. The number of aromatic nitrogens is 3. The van der Waals surface area contributed by atoms with Crippen LogP contribution in [0.3, 0.4) is 0 Å². The molecule has 1 atom stereocenters. The fourth-order valence-electron chi connectivity index (χ4n) is 3.82. The standard InChI is InChI=1S/C24H17ClF3N9/c1-11-18(26)6-14(9-30-11)34-21-12(7-29)8-31-22-16(21)4-13(5-17(22)25)33-23(19-10-32-37-36-19)15-2-3-20(27)35-24(15)28/h2-6,8-10,23,32-33,36-37H,1H3,(H,31,34)/t23-/m0/s1. The van der Waals surface area contributed by atoms with E-state index in [0.717, 1.165) is 6.07 Å². The number of halogens is 4. The van der Waals surface area contributed by atoms with Gasteiger partial charge in [0.2, 0.25) is 11.9 Å². The number of nitriles is 1. The zero-order chi connectivity index (χ0) is 26.1. The summed E-state index contributed by atoms with van der Waals surface area (Å²) in [5.74, 6) is -2.46. The fraction of sp³-hybridized carbons (Fsp3) is 0.0833.